The van der Waals surface area contributed by atoms with Gasteiger partial charge in [0, 0.05) is 17.5 Å². The molecule has 5 rings (SSSR count). The van der Waals surface area contributed by atoms with Crippen LogP contribution in [0, 0.1) is 0 Å². The lowest BCUT2D eigenvalue weighted by Crippen LogP contribution is -2.40. The van der Waals surface area contributed by atoms with Crippen LogP contribution in [0.25, 0.3) is 10.8 Å². The van der Waals surface area contributed by atoms with E-state index < -0.39 is 8.07 Å². The van der Waals surface area contributed by atoms with E-state index in [0.29, 0.717) is 13.0 Å². The second kappa shape index (κ2) is 9.52. The summed E-state index contributed by atoms with van der Waals surface area (Å²) in [5.41, 5.74) is 7.72. The Hall–Kier alpha value is -3.48. The molecule has 5 nitrogen and oxygen atoms in total. The Morgan fingerprint density at radius 1 is 0.944 bits per heavy atom. The number of aliphatic hydroxyl groups is 1. The number of carbonyl (C=O) groups excluding carboxylic acids is 1. The van der Waals surface area contributed by atoms with Gasteiger partial charge in [-0.25, -0.2) is 0 Å². The highest BCUT2D eigenvalue weighted by atomic mass is 28.3. The van der Waals surface area contributed by atoms with Gasteiger partial charge in [0.2, 0.25) is 0 Å². The first-order valence-electron chi connectivity index (χ1n) is 12.4. The lowest BCUT2D eigenvalue weighted by Gasteiger charge is -2.34. The minimum Gasteiger partial charge on any atom is -0.392 e. The quantitative estimate of drug-likeness (QED) is 0.432. The van der Waals surface area contributed by atoms with E-state index in [1.165, 1.54) is 10.8 Å². The minimum atomic E-state index is -1.78. The monoisotopic (exact) mass is 496 g/mol. The lowest BCUT2D eigenvalue weighted by atomic mass is 9.94. The number of benzene rings is 3. The molecule has 1 N–H and O–H groups in total. The maximum atomic E-state index is 14.1. The predicted octanol–water partition coefficient (Wildman–Crippen LogP) is 6.14. The van der Waals surface area contributed by atoms with Crippen molar-refractivity contribution < 1.29 is 14.7 Å². The molecular formula is C30H32N2O3Si. The highest BCUT2D eigenvalue weighted by molar-refractivity contribution is 6.95. The summed E-state index contributed by atoms with van der Waals surface area (Å²) in [6, 6.07) is 23.9. The molecule has 0 radical (unpaired) electrons. The molecule has 1 atom stereocenters. The van der Waals surface area contributed by atoms with E-state index in [9.17, 15) is 9.90 Å². The van der Waals surface area contributed by atoms with Gasteiger partial charge < -0.3 is 14.8 Å². The molecule has 3 aromatic rings. The smallest absolute Gasteiger partial charge is 0.259 e. The van der Waals surface area contributed by atoms with Crippen LogP contribution < -0.4 is 4.90 Å². The summed E-state index contributed by atoms with van der Waals surface area (Å²) in [7, 11) is -1.78. The van der Waals surface area contributed by atoms with Gasteiger partial charge in [-0.05, 0) is 46.5 Å². The van der Waals surface area contributed by atoms with E-state index in [1.807, 2.05) is 65.6 Å². The number of aliphatic hydroxyl groups excluding tert-OH is 1. The van der Waals surface area contributed by atoms with Crippen molar-refractivity contribution in [3.8, 4) is 0 Å². The molecule has 0 spiro atoms. The van der Waals surface area contributed by atoms with E-state index >= 15 is 0 Å². The summed E-state index contributed by atoms with van der Waals surface area (Å²) >= 11 is 0. The summed E-state index contributed by atoms with van der Waals surface area (Å²) in [6.45, 7) is 9.63. The van der Waals surface area contributed by atoms with E-state index in [2.05, 4.69) is 43.9 Å². The van der Waals surface area contributed by atoms with Crippen molar-refractivity contribution in [3.63, 3.8) is 0 Å². The van der Waals surface area contributed by atoms with E-state index in [-0.39, 0.29) is 18.6 Å². The molecule has 0 saturated carbocycles. The van der Waals surface area contributed by atoms with Crippen LogP contribution in [0.15, 0.2) is 78.0 Å². The summed E-state index contributed by atoms with van der Waals surface area (Å²) in [5.74, 6) is -0.00866. The van der Waals surface area contributed by atoms with Crippen LogP contribution in [0.3, 0.4) is 0 Å². The summed E-state index contributed by atoms with van der Waals surface area (Å²) in [5, 5.41) is 15.0. The third-order valence-corrected chi connectivity index (χ3v) is 9.13. The van der Waals surface area contributed by atoms with Crippen molar-refractivity contribution in [2.45, 2.75) is 45.7 Å². The molecule has 2 aliphatic rings. The molecule has 0 aromatic heterocycles. The molecule has 3 aromatic carbocycles. The van der Waals surface area contributed by atoms with Gasteiger partial charge in [-0.3, -0.25) is 4.79 Å². The Balaban J connectivity index is 1.53. The number of para-hydroxylation sites is 1. The molecule has 36 heavy (non-hydrogen) atoms. The number of nitrogens with zero attached hydrogens (tertiary/aromatic N) is 2. The molecule has 0 fully saturated rings. The van der Waals surface area contributed by atoms with Crippen molar-refractivity contribution in [3.05, 3.63) is 101 Å². The Bertz CT molecular complexity index is 1370. The number of anilines is 1. The second-order valence-electron chi connectivity index (χ2n) is 10.6. The number of rotatable bonds is 5. The standard InChI is InChI=1S/C30H32N2O3Si/c1-20-24-9-7-8-12-28(24)32(30(34)26-11-6-5-10-25(26)29(20)36(2,3)4)18-23-17-27(31-35-23)22-15-13-21(19-33)14-16-22/h5-16,23,33H,17-19H2,1-4H3/b29-20+. The predicted molar refractivity (Wildman–Crippen MR) is 149 cm³/mol. The number of fused-ring (bicyclic) bond motifs is 2. The Morgan fingerprint density at radius 2 is 1.58 bits per heavy atom. The molecule has 0 bridgehead atoms. The minimum absolute atomic E-state index is 0.00866. The summed E-state index contributed by atoms with van der Waals surface area (Å²) < 4.78 is 0. The largest absolute Gasteiger partial charge is 0.392 e. The Labute approximate surface area is 213 Å². The number of carbonyl (C=O) groups is 1. The van der Waals surface area contributed by atoms with Crippen molar-refractivity contribution in [1.29, 1.82) is 0 Å². The van der Waals surface area contributed by atoms with Crippen LogP contribution in [0.2, 0.25) is 19.6 Å². The van der Waals surface area contributed by atoms with Gasteiger partial charge in [-0.1, -0.05) is 85.5 Å². The Kier molecular flexibility index (Phi) is 6.41. The van der Waals surface area contributed by atoms with E-state index in [0.717, 1.165) is 39.2 Å². The van der Waals surface area contributed by atoms with E-state index in [4.69, 9.17) is 4.84 Å². The zero-order valence-corrected chi connectivity index (χ0v) is 22.3. The summed E-state index contributed by atoms with van der Waals surface area (Å²) in [6.07, 6.45) is 0.364. The first-order valence-corrected chi connectivity index (χ1v) is 15.9. The normalized spacial score (nSPS) is 19.7. The third kappa shape index (κ3) is 4.42. The molecule has 184 valence electrons. The van der Waals surface area contributed by atoms with Crippen LogP contribution in [0.1, 0.15) is 46.0 Å². The number of amides is 1. The fourth-order valence-corrected chi connectivity index (χ4v) is 7.64. The molecule has 1 unspecified atom stereocenters. The highest BCUT2D eigenvalue weighted by Crippen LogP contribution is 2.41. The van der Waals surface area contributed by atoms with Gasteiger partial charge in [-0.2, -0.15) is 0 Å². The third-order valence-electron chi connectivity index (χ3n) is 6.98. The molecule has 6 heteroatoms. The van der Waals surface area contributed by atoms with Crippen LogP contribution in [-0.2, 0) is 11.4 Å². The van der Waals surface area contributed by atoms with E-state index in [1.54, 1.807) is 0 Å². The highest BCUT2D eigenvalue weighted by Gasteiger charge is 2.35. The van der Waals surface area contributed by atoms with Crippen molar-refractivity contribution in [2.75, 3.05) is 11.4 Å². The molecule has 2 aliphatic heterocycles. The topological polar surface area (TPSA) is 62.1 Å². The number of allylic oxidation sites excluding steroid dienone is 1. The maximum absolute atomic E-state index is 14.1. The average Bonchev–Trinajstić information content (AvgIpc) is 3.35. The van der Waals surface area contributed by atoms with Crippen molar-refractivity contribution >= 4 is 36.1 Å². The van der Waals surface area contributed by atoms with Gasteiger partial charge in [0.25, 0.3) is 5.91 Å². The number of oxime groups is 1. The SMILES string of the molecule is C/C1=C(\[Si](C)(C)C)c2ccccc2C(=O)N(CC2CC(c3ccc(CO)cc3)=NO2)c2ccccc21. The van der Waals surface area contributed by atoms with Gasteiger partial charge in [-0.15, -0.1) is 0 Å². The molecule has 0 aliphatic carbocycles. The fourth-order valence-electron chi connectivity index (χ4n) is 5.36. The first-order chi connectivity index (χ1) is 17.3. The van der Waals surface area contributed by atoms with Crippen LogP contribution in [0.5, 0.6) is 0 Å². The molecule has 0 saturated heterocycles. The van der Waals surface area contributed by atoms with Gasteiger partial charge >= 0.3 is 0 Å². The van der Waals surface area contributed by atoms with Gasteiger partial charge in [0.1, 0.15) is 0 Å². The number of hydrogen-bond donors (Lipinski definition) is 1. The van der Waals surface area contributed by atoms with Gasteiger partial charge in [0.05, 0.1) is 32.6 Å². The summed E-state index contributed by atoms with van der Waals surface area (Å²) in [4.78, 5) is 21.9. The fraction of sp³-hybridized carbons (Fsp3) is 0.267. The Morgan fingerprint density at radius 3 is 2.25 bits per heavy atom. The second-order valence-corrected chi connectivity index (χ2v) is 15.6. The molecular weight excluding hydrogens is 464 g/mol. The van der Waals surface area contributed by atoms with Crippen molar-refractivity contribution in [2.24, 2.45) is 5.16 Å². The van der Waals surface area contributed by atoms with Crippen LogP contribution in [-0.4, -0.2) is 37.4 Å². The zero-order chi connectivity index (χ0) is 25.4. The zero-order valence-electron chi connectivity index (χ0n) is 21.3. The molecule has 2 heterocycles. The van der Waals surface area contributed by atoms with Crippen LogP contribution >= 0.6 is 0 Å². The number of hydrogen-bond acceptors (Lipinski definition) is 4. The first kappa shape index (κ1) is 24.2. The van der Waals surface area contributed by atoms with Gasteiger partial charge in [0.15, 0.2) is 6.10 Å². The molecule has 1 amide bonds. The van der Waals surface area contributed by atoms with Crippen molar-refractivity contribution in [1.82, 2.24) is 0 Å². The maximum Gasteiger partial charge on any atom is 0.259 e. The average molecular weight is 497 g/mol. The lowest BCUT2D eigenvalue weighted by molar-refractivity contribution is 0.0817. The van der Waals surface area contributed by atoms with Crippen LogP contribution in [0.4, 0.5) is 5.69 Å².